The smallest absolute Gasteiger partial charge is 0.306 e. The van der Waals surface area contributed by atoms with Gasteiger partial charge in [0.1, 0.15) is 0 Å². The van der Waals surface area contributed by atoms with Gasteiger partial charge in [-0.3, -0.25) is 0 Å². The third-order valence-electron chi connectivity index (χ3n) is 3.00. The minimum atomic E-state index is -0.133. The molecule has 3 heteroatoms. The van der Waals surface area contributed by atoms with Crippen molar-refractivity contribution < 1.29 is 0 Å². The van der Waals surface area contributed by atoms with Crippen LogP contribution in [-0.4, -0.2) is 9.97 Å². The first-order chi connectivity index (χ1) is 7.24. The van der Waals surface area contributed by atoms with E-state index in [9.17, 15) is 4.79 Å². The number of benzene rings is 1. The zero-order valence-corrected chi connectivity index (χ0v) is 9.13. The SMILES string of the molecule is CCC(CC)c1ccc2[nH]c(=O)[nH]c2c1. The molecule has 0 atom stereocenters. The molecule has 3 nitrogen and oxygen atoms in total. The predicted molar refractivity (Wildman–Crippen MR) is 62.2 cm³/mol. The Morgan fingerprint density at radius 3 is 2.47 bits per heavy atom. The lowest BCUT2D eigenvalue weighted by atomic mass is 9.94. The number of H-pyrrole nitrogens is 2. The normalized spacial score (nSPS) is 11.4. The first-order valence-electron chi connectivity index (χ1n) is 5.46. The number of hydrogen-bond acceptors (Lipinski definition) is 1. The average molecular weight is 204 g/mol. The molecule has 0 saturated carbocycles. The fourth-order valence-electron chi connectivity index (χ4n) is 2.06. The van der Waals surface area contributed by atoms with E-state index in [0.29, 0.717) is 5.92 Å². The Labute approximate surface area is 88.5 Å². The first kappa shape index (κ1) is 10.0. The van der Waals surface area contributed by atoms with Gasteiger partial charge in [-0.05, 0) is 36.5 Å². The molecular formula is C12H16N2O. The largest absolute Gasteiger partial charge is 0.323 e. The van der Waals surface area contributed by atoms with Gasteiger partial charge < -0.3 is 9.97 Å². The van der Waals surface area contributed by atoms with E-state index in [2.05, 4.69) is 35.9 Å². The second-order valence-corrected chi connectivity index (χ2v) is 3.90. The van der Waals surface area contributed by atoms with Crippen molar-refractivity contribution in [2.45, 2.75) is 32.6 Å². The van der Waals surface area contributed by atoms with E-state index in [1.54, 1.807) is 0 Å². The van der Waals surface area contributed by atoms with E-state index in [-0.39, 0.29) is 5.69 Å². The third kappa shape index (κ3) is 1.82. The lowest BCUT2D eigenvalue weighted by Gasteiger charge is -2.12. The van der Waals surface area contributed by atoms with Gasteiger partial charge in [0.05, 0.1) is 11.0 Å². The zero-order valence-electron chi connectivity index (χ0n) is 9.13. The summed E-state index contributed by atoms with van der Waals surface area (Å²) >= 11 is 0. The number of aromatic amines is 2. The highest BCUT2D eigenvalue weighted by Crippen LogP contribution is 2.24. The number of rotatable bonds is 3. The predicted octanol–water partition coefficient (Wildman–Crippen LogP) is 2.76. The zero-order chi connectivity index (χ0) is 10.8. The van der Waals surface area contributed by atoms with Gasteiger partial charge in [0.15, 0.2) is 0 Å². The Balaban J connectivity index is 2.49. The van der Waals surface area contributed by atoms with Crippen LogP contribution in [0.25, 0.3) is 11.0 Å². The summed E-state index contributed by atoms with van der Waals surface area (Å²) in [5, 5.41) is 0. The standard InChI is InChI=1S/C12H16N2O/c1-3-8(4-2)9-5-6-10-11(7-9)14-12(15)13-10/h5-8H,3-4H2,1-2H3,(H2,13,14,15). The molecule has 1 aromatic heterocycles. The maximum atomic E-state index is 11.1. The summed E-state index contributed by atoms with van der Waals surface area (Å²) in [4.78, 5) is 16.6. The lowest BCUT2D eigenvalue weighted by molar-refractivity contribution is 0.642. The van der Waals surface area contributed by atoms with Gasteiger partial charge in [0.2, 0.25) is 0 Å². The van der Waals surface area contributed by atoms with Gasteiger partial charge >= 0.3 is 5.69 Å². The van der Waals surface area contributed by atoms with Gasteiger partial charge in [-0.1, -0.05) is 19.9 Å². The highest BCUT2D eigenvalue weighted by molar-refractivity contribution is 5.75. The molecule has 0 fully saturated rings. The van der Waals surface area contributed by atoms with Crippen molar-refractivity contribution in [3.8, 4) is 0 Å². The van der Waals surface area contributed by atoms with Crippen LogP contribution in [-0.2, 0) is 0 Å². The quantitative estimate of drug-likeness (QED) is 0.793. The monoisotopic (exact) mass is 204 g/mol. The molecule has 0 aliphatic rings. The van der Waals surface area contributed by atoms with Crippen molar-refractivity contribution in [3.05, 3.63) is 34.2 Å². The minimum absolute atomic E-state index is 0.133. The van der Waals surface area contributed by atoms with Crippen molar-refractivity contribution in [2.75, 3.05) is 0 Å². The summed E-state index contributed by atoms with van der Waals surface area (Å²) in [7, 11) is 0. The molecule has 1 heterocycles. The van der Waals surface area contributed by atoms with E-state index in [0.717, 1.165) is 23.9 Å². The molecule has 0 saturated heterocycles. The molecule has 0 amide bonds. The van der Waals surface area contributed by atoms with Gasteiger partial charge in [-0.15, -0.1) is 0 Å². The Morgan fingerprint density at radius 1 is 1.13 bits per heavy atom. The van der Waals surface area contributed by atoms with Crippen LogP contribution in [0.4, 0.5) is 0 Å². The fourth-order valence-corrected chi connectivity index (χ4v) is 2.06. The van der Waals surface area contributed by atoms with Crippen LogP contribution in [0.2, 0.25) is 0 Å². The second-order valence-electron chi connectivity index (χ2n) is 3.90. The minimum Gasteiger partial charge on any atom is -0.306 e. The molecule has 0 aliphatic carbocycles. The molecule has 0 bridgehead atoms. The Morgan fingerprint density at radius 2 is 1.80 bits per heavy atom. The van der Waals surface area contributed by atoms with Gasteiger partial charge in [-0.25, -0.2) is 4.79 Å². The van der Waals surface area contributed by atoms with Crippen LogP contribution >= 0.6 is 0 Å². The maximum Gasteiger partial charge on any atom is 0.323 e. The molecule has 2 aromatic rings. The van der Waals surface area contributed by atoms with Crippen molar-refractivity contribution >= 4 is 11.0 Å². The number of imidazole rings is 1. The van der Waals surface area contributed by atoms with Crippen LogP contribution in [0.15, 0.2) is 23.0 Å². The van der Waals surface area contributed by atoms with Crippen LogP contribution in [0, 0.1) is 0 Å². The molecule has 0 aliphatic heterocycles. The van der Waals surface area contributed by atoms with Crippen molar-refractivity contribution in [3.63, 3.8) is 0 Å². The average Bonchev–Trinajstić information content (AvgIpc) is 2.59. The van der Waals surface area contributed by atoms with Crippen molar-refractivity contribution in [1.29, 1.82) is 0 Å². The number of fused-ring (bicyclic) bond motifs is 1. The topological polar surface area (TPSA) is 48.6 Å². The highest BCUT2D eigenvalue weighted by Gasteiger charge is 2.08. The summed E-state index contributed by atoms with van der Waals surface area (Å²) in [5.41, 5.74) is 2.97. The maximum absolute atomic E-state index is 11.1. The number of nitrogens with one attached hydrogen (secondary N) is 2. The second kappa shape index (κ2) is 3.93. The van der Waals surface area contributed by atoms with E-state index >= 15 is 0 Å². The summed E-state index contributed by atoms with van der Waals surface area (Å²) in [6.07, 6.45) is 2.27. The summed E-state index contributed by atoms with van der Waals surface area (Å²) in [6, 6.07) is 6.15. The molecule has 1 aromatic carbocycles. The molecule has 2 rings (SSSR count). The van der Waals surface area contributed by atoms with E-state index in [1.807, 2.05) is 6.07 Å². The molecular weight excluding hydrogens is 188 g/mol. The Hall–Kier alpha value is -1.51. The molecule has 0 radical (unpaired) electrons. The fraction of sp³-hybridized carbons (Fsp3) is 0.417. The Kier molecular flexibility index (Phi) is 2.62. The molecule has 2 N–H and O–H groups in total. The van der Waals surface area contributed by atoms with Crippen LogP contribution in [0.1, 0.15) is 38.2 Å². The van der Waals surface area contributed by atoms with E-state index in [1.165, 1.54) is 5.56 Å². The summed E-state index contributed by atoms with van der Waals surface area (Å²) < 4.78 is 0. The van der Waals surface area contributed by atoms with Crippen molar-refractivity contribution in [1.82, 2.24) is 9.97 Å². The number of aromatic nitrogens is 2. The Bertz CT molecular complexity index is 506. The molecule has 80 valence electrons. The number of hydrogen-bond donors (Lipinski definition) is 2. The van der Waals surface area contributed by atoms with Gasteiger partial charge in [-0.2, -0.15) is 0 Å². The van der Waals surface area contributed by atoms with Crippen molar-refractivity contribution in [2.24, 2.45) is 0 Å². The lowest BCUT2D eigenvalue weighted by Crippen LogP contribution is -1.99. The third-order valence-corrected chi connectivity index (χ3v) is 3.00. The van der Waals surface area contributed by atoms with Crippen LogP contribution in [0.5, 0.6) is 0 Å². The van der Waals surface area contributed by atoms with E-state index in [4.69, 9.17) is 0 Å². The summed E-state index contributed by atoms with van der Waals surface area (Å²) in [6.45, 7) is 4.39. The van der Waals surface area contributed by atoms with Gasteiger partial charge in [0.25, 0.3) is 0 Å². The molecule has 15 heavy (non-hydrogen) atoms. The highest BCUT2D eigenvalue weighted by atomic mass is 16.1. The molecule has 0 unspecified atom stereocenters. The van der Waals surface area contributed by atoms with E-state index < -0.39 is 0 Å². The van der Waals surface area contributed by atoms with Crippen LogP contribution < -0.4 is 5.69 Å². The van der Waals surface area contributed by atoms with Gasteiger partial charge in [0, 0.05) is 0 Å². The first-order valence-corrected chi connectivity index (χ1v) is 5.46. The van der Waals surface area contributed by atoms with Crippen LogP contribution in [0.3, 0.4) is 0 Å². The summed E-state index contributed by atoms with van der Waals surface area (Å²) in [5.74, 6) is 0.591. The molecule has 0 spiro atoms.